The lowest BCUT2D eigenvalue weighted by Crippen LogP contribution is -2.53. The lowest BCUT2D eigenvalue weighted by atomic mass is 9.92. The highest BCUT2D eigenvalue weighted by atomic mass is 19.4. The number of aliphatic hydroxyl groups is 1. The van der Waals surface area contributed by atoms with Gasteiger partial charge in [0.2, 0.25) is 0 Å². The Kier molecular flexibility index (Phi) is 4.53. The van der Waals surface area contributed by atoms with Crippen molar-refractivity contribution < 1.29 is 40.7 Å². The highest BCUT2D eigenvalue weighted by Crippen LogP contribution is 2.50. The summed E-state index contributed by atoms with van der Waals surface area (Å²) in [5.41, 5.74) is -5.91. The van der Waals surface area contributed by atoms with Crippen molar-refractivity contribution in [2.45, 2.75) is 31.5 Å². The van der Waals surface area contributed by atoms with E-state index in [4.69, 9.17) is 9.26 Å². The van der Waals surface area contributed by atoms with Gasteiger partial charge in [-0.2, -0.15) is 26.3 Å². The summed E-state index contributed by atoms with van der Waals surface area (Å²) in [7, 11) is 0. The molecule has 2 aromatic rings. The fraction of sp³-hybridized carbons (Fsp3) is 0.357. The fourth-order valence-corrected chi connectivity index (χ4v) is 1.92. The monoisotopic (exact) mass is 355 g/mol. The second-order valence-electron chi connectivity index (χ2n) is 4.95. The summed E-state index contributed by atoms with van der Waals surface area (Å²) in [6.45, 7) is 1.56. The first-order valence-electron chi connectivity index (χ1n) is 6.46. The number of hydrogen-bond donors (Lipinski definition) is 1. The first kappa shape index (κ1) is 18.1. The number of ether oxygens (including phenoxy) is 1. The summed E-state index contributed by atoms with van der Waals surface area (Å²) in [6, 6.07) is 4.35. The van der Waals surface area contributed by atoms with Crippen molar-refractivity contribution in [1.82, 2.24) is 5.16 Å². The van der Waals surface area contributed by atoms with Gasteiger partial charge in [0.1, 0.15) is 23.8 Å². The van der Waals surface area contributed by atoms with Gasteiger partial charge >= 0.3 is 12.4 Å². The number of rotatable bonds is 4. The van der Waals surface area contributed by atoms with Gasteiger partial charge in [0, 0.05) is 11.6 Å². The number of nitrogens with zero attached hydrogens (tertiary/aromatic N) is 1. The average Bonchev–Trinajstić information content (AvgIpc) is 2.88. The van der Waals surface area contributed by atoms with Crippen LogP contribution in [0.15, 0.2) is 34.9 Å². The lowest BCUT2D eigenvalue weighted by molar-refractivity contribution is -0.376. The zero-order valence-electron chi connectivity index (χ0n) is 12.1. The van der Waals surface area contributed by atoms with Gasteiger partial charge in [-0.25, -0.2) is 0 Å². The molecule has 0 amide bonds. The molecule has 4 nitrogen and oxygen atoms in total. The van der Waals surface area contributed by atoms with Crippen LogP contribution in [0.25, 0.3) is 0 Å². The number of halogens is 6. The maximum absolute atomic E-state index is 12.7. The molecule has 0 atom stereocenters. The Hall–Kier alpha value is -2.23. The van der Waals surface area contributed by atoms with Gasteiger partial charge in [-0.15, -0.1) is 0 Å². The Morgan fingerprint density at radius 1 is 1.04 bits per heavy atom. The molecule has 0 unspecified atom stereocenters. The summed E-state index contributed by atoms with van der Waals surface area (Å²) in [5.74, 6) is 0.524. The molecule has 1 aromatic carbocycles. The van der Waals surface area contributed by atoms with Gasteiger partial charge in [-0.05, 0) is 19.1 Å². The van der Waals surface area contributed by atoms with Crippen molar-refractivity contribution >= 4 is 0 Å². The van der Waals surface area contributed by atoms with Crippen molar-refractivity contribution in [3.8, 4) is 5.75 Å². The molecule has 24 heavy (non-hydrogen) atoms. The molecule has 0 fully saturated rings. The number of alkyl halides is 6. The number of benzene rings is 1. The molecule has 2 rings (SSSR count). The van der Waals surface area contributed by atoms with Crippen LogP contribution in [-0.2, 0) is 12.2 Å². The second-order valence-corrected chi connectivity index (χ2v) is 4.95. The Morgan fingerprint density at radius 2 is 1.58 bits per heavy atom. The zero-order chi connectivity index (χ0) is 18.2. The third-order valence-corrected chi connectivity index (χ3v) is 3.16. The Morgan fingerprint density at radius 3 is 2.00 bits per heavy atom. The molecule has 132 valence electrons. The molecule has 1 N–H and O–H groups in total. The molecule has 10 heteroatoms. The Bertz CT molecular complexity index is 676. The average molecular weight is 355 g/mol. The summed E-state index contributed by atoms with van der Waals surface area (Å²) in [6.07, 6.45) is -11.8. The number of hydrogen-bond acceptors (Lipinski definition) is 4. The molecule has 0 aliphatic carbocycles. The van der Waals surface area contributed by atoms with Crippen molar-refractivity contribution in [2.75, 3.05) is 0 Å². The van der Waals surface area contributed by atoms with Crippen LogP contribution in [0.5, 0.6) is 5.75 Å². The highest BCUT2D eigenvalue weighted by molar-refractivity contribution is 5.33. The molecule has 1 heterocycles. The molecule has 0 bridgehead atoms. The largest absolute Gasteiger partial charge is 0.487 e. The van der Waals surface area contributed by atoms with Crippen LogP contribution in [0.4, 0.5) is 26.3 Å². The second kappa shape index (κ2) is 6.00. The van der Waals surface area contributed by atoms with E-state index in [-0.39, 0.29) is 12.4 Å². The van der Waals surface area contributed by atoms with Crippen LogP contribution in [0.1, 0.15) is 17.0 Å². The third kappa shape index (κ3) is 3.32. The predicted octanol–water partition coefficient (Wildman–Crippen LogP) is 3.87. The molecule has 0 aliphatic rings. The molecular weight excluding hydrogens is 344 g/mol. The van der Waals surface area contributed by atoms with E-state index in [9.17, 15) is 31.4 Å². The SMILES string of the molecule is Cc1cc(COc2ccc(C(O)(C(F)(F)F)C(F)(F)F)cc2)no1. The predicted molar refractivity (Wildman–Crippen MR) is 68.0 cm³/mol. The third-order valence-electron chi connectivity index (χ3n) is 3.16. The maximum atomic E-state index is 12.7. The summed E-state index contributed by atoms with van der Waals surface area (Å²) < 4.78 is 86.4. The highest BCUT2D eigenvalue weighted by Gasteiger charge is 2.71. The van der Waals surface area contributed by atoms with Gasteiger partial charge in [0.05, 0.1) is 0 Å². The summed E-state index contributed by atoms with van der Waals surface area (Å²) >= 11 is 0. The van der Waals surface area contributed by atoms with Crippen LogP contribution in [0, 0.1) is 6.92 Å². The topological polar surface area (TPSA) is 55.5 Å². The van der Waals surface area contributed by atoms with Crippen molar-refractivity contribution in [3.63, 3.8) is 0 Å². The van der Waals surface area contributed by atoms with Gasteiger partial charge in [0.25, 0.3) is 5.60 Å². The summed E-state index contributed by atoms with van der Waals surface area (Å²) in [5, 5.41) is 12.9. The minimum atomic E-state index is -5.92. The van der Waals surface area contributed by atoms with Gasteiger partial charge < -0.3 is 14.4 Å². The Balaban J connectivity index is 2.21. The quantitative estimate of drug-likeness (QED) is 0.846. The van der Waals surface area contributed by atoms with Crippen LogP contribution in [0.2, 0.25) is 0 Å². The molecule has 0 radical (unpaired) electrons. The zero-order valence-corrected chi connectivity index (χ0v) is 12.1. The molecule has 1 aromatic heterocycles. The first-order valence-corrected chi connectivity index (χ1v) is 6.46. The van der Waals surface area contributed by atoms with Crippen molar-refractivity contribution in [2.24, 2.45) is 0 Å². The van der Waals surface area contributed by atoms with E-state index in [1.807, 2.05) is 0 Å². The molecule has 0 saturated carbocycles. The molecular formula is C14H11F6NO3. The van der Waals surface area contributed by atoms with Crippen molar-refractivity contribution in [3.05, 3.63) is 47.3 Å². The fourth-order valence-electron chi connectivity index (χ4n) is 1.92. The van der Waals surface area contributed by atoms with E-state index in [2.05, 4.69) is 5.16 Å². The normalized spacial score (nSPS) is 13.2. The number of aromatic nitrogens is 1. The van der Waals surface area contributed by atoms with E-state index in [0.29, 0.717) is 23.6 Å². The van der Waals surface area contributed by atoms with E-state index in [1.165, 1.54) is 0 Å². The van der Waals surface area contributed by atoms with Crippen LogP contribution in [0.3, 0.4) is 0 Å². The van der Waals surface area contributed by atoms with E-state index < -0.39 is 23.5 Å². The maximum Gasteiger partial charge on any atom is 0.430 e. The standard InChI is InChI=1S/C14H11F6NO3/c1-8-6-10(21-24-8)7-23-11-4-2-9(3-5-11)12(22,13(15,16)17)14(18,19)20/h2-6,22H,7H2,1H3. The van der Waals surface area contributed by atoms with Gasteiger partial charge in [0.15, 0.2) is 0 Å². The minimum Gasteiger partial charge on any atom is -0.487 e. The first-order chi connectivity index (χ1) is 10.9. The van der Waals surface area contributed by atoms with Gasteiger partial charge in [-0.1, -0.05) is 17.3 Å². The smallest absolute Gasteiger partial charge is 0.430 e. The van der Waals surface area contributed by atoms with Gasteiger partial charge in [-0.3, -0.25) is 0 Å². The van der Waals surface area contributed by atoms with Crippen LogP contribution in [-0.4, -0.2) is 22.6 Å². The summed E-state index contributed by atoms with van der Waals surface area (Å²) in [4.78, 5) is 0. The van der Waals surface area contributed by atoms with E-state index in [1.54, 1.807) is 13.0 Å². The Labute approximate surface area is 131 Å². The van der Waals surface area contributed by atoms with E-state index in [0.717, 1.165) is 12.1 Å². The van der Waals surface area contributed by atoms with E-state index >= 15 is 0 Å². The molecule has 0 saturated heterocycles. The van der Waals surface area contributed by atoms with Crippen LogP contribution < -0.4 is 4.74 Å². The molecule has 0 spiro atoms. The molecule has 0 aliphatic heterocycles. The lowest BCUT2D eigenvalue weighted by Gasteiger charge is -2.32. The van der Waals surface area contributed by atoms with Crippen LogP contribution >= 0.6 is 0 Å². The van der Waals surface area contributed by atoms with Crippen molar-refractivity contribution in [1.29, 1.82) is 0 Å². The minimum absolute atomic E-state index is 0.00565. The number of aryl methyl sites for hydroxylation is 1.